The van der Waals surface area contributed by atoms with E-state index in [9.17, 15) is 14.9 Å². The SMILES string of the molecule is CCc1ccc(NC(=O)CO/N=C/c2ccccc2[N+](=O)[O-])cc1. The standard InChI is InChI=1S/C17H17N3O4/c1-2-13-7-9-15(10-8-13)19-17(21)12-24-18-11-14-5-3-4-6-16(14)20(22)23/h3-11H,2,12H2,1H3,(H,19,21)/b18-11+. The molecule has 124 valence electrons. The van der Waals surface area contributed by atoms with Crippen molar-refractivity contribution in [1.82, 2.24) is 0 Å². The number of rotatable bonds is 7. The summed E-state index contributed by atoms with van der Waals surface area (Å²) in [7, 11) is 0. The fourth-order valence-corrected chi connectivity index (χ4v) is 1.97. The van der Waals surface area contributed by atoms with Gasteiger partial charge < -0.3 is 10.2 Å². The van der Waals surface area contributed by atoms with Gasteiger partial charge in [-0.2, -0.15) is 0 Å². The van der Waals surface area contributed by atoms with Crippen molar-refractivity contribution in [2.75, 3.05) is 11.9 Å². The van der Waals surface area contributed by atoms with Crippen molar-refractivity contribution in [2.45, 2.75) is 13.3 Å². The second-order valence-corrected chi connectivity index (χ2v) is 4.92. The molecule has 1 amide bonds. The van der Waals surface area contributed by atoms with Gasteiger partial charge in [-0.05, 0) is 30.2 Å². The van der Waals surface area contributed by atoms with Gasteiger partial charge in [0.05, 0.1) is 16.7 Å². The van der Waals surface area contributed by atoms with E-state index in [0.29, 0.717) is 11.3 Å². The molecule has 0 fully saturated rings. The molecule has 0 aromatic heterocycles. The first-order valence-corrected chi connectivity index (χ1v) is 7.37. The summed E-state index contributed by atoms with van der Waals surface area (Å²) in [6.45, 7) is 1.77. The number of benzene rings is 2. The van der Waals surface area contributed by atoms with Gasteiger partial charge in [-0.1, -0.05) is 36.3 Å². The molecule has 7 heteroatoms. The topological polar surface area (TPSA) is 93.8 Å². The Morgan fingerprint density at radius 1 is 1.25 bits per heavy atom. The Bertz CT molecular complexity index is 742. The van der Waals surface area contributed by atoms with Gasteiger partial charge >= 0.3 is 0 Å². The van der Waals surface area contributed by atoms with E-state index >= 15 is 0 Å². The first-order valence-electron chi connectivity index (χ1n) is 7.37. The number of hydrogen-bond acceptors (Lipinski definition) is 5. The lowest BCUT2D eigenvalue weighted by molar-refractivity contribution is -0.385. The molecule has 24 heavy (non-hydrogen) atoms. The van der Waals surface area contributed by atoms with Crippen LogP contribution in [0.3, 0.4) is 0 Å². The first-order chi connectivity index (χ1) is 11.6. The van der Waals surface area contributed by atoms with E-state index in [1.165, 1.54) is 17.8 Å². The molecule has 0 aliphatic heterocycles. The van der Waals surface area contributed by atoms with Gasteiger partial charge in [0, 0.05) is 11.8 Å². The molecule has 0 aliphatic carbocycles. The number of anilines is 1. The second kappa shape index (κ2) is 8.42. The van der Waals surface area contributed by atoms with E-state index in [1.54, 1.807) is 18.2 Å². The molecule has 0 aliphatic rings. The molecule has 0 atom stereocenters. The van der Waals surface area contributed by atoms with E-state index in [2.05, 4.69) is 17.4 Å². The minimum atomic E-state index is -0.506. The highest BCUT2D eigenvalue weighted by Crippen LogP contribution is 2.15. The summed E-state index contributed by atoms with van der Waals surface area (Å²) in [4.78, 5) is 27.0. The van der Waals surface area contributed by atoms with Crippen LogP contribution in [0.1, 0.15) is 18.1 Å². The number of carbonyl (C=O) groups is 1. The van der Waals surface area contributed by atoms with Crippen LogP contribution in [0.25, 0.3) is 0 Å². The van der Waals surface area contributed by atoms with Crippen molar-refractivity contribution < 1.29 is 14.6 Å². The second-order valence-electron chi connectivity index (χ2n) is 4.92. The van der Waals surface area contributed by atoms with Crippen LogP contribution in [0.5, 0.6) is 0 Å². The quantitative estimate of drug-likeness (QED) is 0.480. The van der Waals surface area contributed by atoms with Gasteiger partial charge in [-0.3, -0.25) is 14.9 Å². The lowest BCUT2D eigenvalue weighted by atomic mass is 10.1. The predicted octanol–water partition coefficient (Wildman–Crippen LogP) is 3.15. The Morgan fingerprint density at radius 2 is 1.96 bits per heavy atom. The highest BCUT2D eigenvalue weighted by Gasteiger charge is 2.10. The fourth-order valence-electron chi connectivity index (χ4n) is 1.97. The van der Waals surface area contributed by atoms with Crippen molar-refractivity contribution >= 4 is 23.5 Å². The zero-order chi connectivity index (χ0) is 17.4. The maximum Gasteiger partial charge on any atom is 0.278 e. The molecule has 0 unspecified atom stereocenters. The molecule has 1 N–H and O–H groups in total. The maximum absolute atomic E-state index is 11.7. The van der Waals surface area contributed by atoms with Crippen LogP contribution >= 0.6 is 0 Å². The number of nitrogens with zero attached hydrogens (tertiary/aromatic N) is 2. The van der Waals surface area contributed by atoms with Crippen molar-refractivity contribution in [3.8, 4) is 0 Å². The molecule has 0 radical (unpaired) electrons. The van der Waals surface area contributed by atoms with E-state index in [4.69, 9.17) is 4.84 Å². The molecule has 2 aromatic carbocycles. The van der Waals surface area contributed by atoms with Crippen LogP contribution in [0.2, 0.25) is 0 Å². The van der Waals surface area contributed by atoms with Crippen LogP contribution < -0.4 is 5.32 Å². The zero-order valence-corrected chi connectivity index (χ0v) is 13.1. The van der Waals surface area contributed by atoms with E-state index in [1.807, 2.05) is 24.3 Å². The molecule has 0 saturated carbocycles. The zero-order valence-electron chi connectivity index (χ0n) is 13.1. The summed E-state index contributed by atoms with van der Waals surface area (Å²) in [5, 5.41) is 17.1. The van der Waals surface area contributed by atoms with Crippen LogP contribution in [0, 0.1) is 10.1 Å². The molecule has 0 saturated heterocycles. The molecule has 2 rings (SSSR count). The lowest BCUT2D eigenvalue weighted by Crippen LogP contribution is -2.16. The normalized spacial score (nSPS) is 10.5. The molecule has 0 bridgehead atoms. The minimum Gasteiger partial charge on any atom is -0.386 e. The number of nitrogens with one attached hydrogen (secondary N) is 1. The van der Waals surface area contributed by atoms with Gasteiger partial charge in [0.15, 0.2) is 6.61 Å². The van der Waals surface area contributed by atoms with Gasteiger partial charge in [0.25, 0.3) is 11.6 Å². The van der Waals surface area contributed by atoms with Crippen molar-refractivity contribution in [1.29, 1.82) is 0 Å². The third-order valence-electron chi connectivity index (χ3n) is 3.24. The third-order valence-corrected chi connectivity index (χ3v) is 3.24. The molecule has 7 nitrogen and oxygen atoms in total. The predicted molar refractivity (Wildman–Crippen MR) is 91.1 cm³/mol. The third kappa shape index (κ3) is 4.91. The number of carbonyl (C=O) groups excluding carboxylic acids is 1. The fraction of sp³-hybridized carbons (Fsp3) is 0.176. The Morgan fingerprint density at radius 3 is 2.62 bits per heavy atom. The Balaban J connectivity index is 1.85. The molecule has 0 spiro atoms. The Labute approximate surface area is 139 Å². The monoisotopic (exact) mass is 327 g/mol. The van der Waals surface area contributed by atoms with Crippen molar-refractivity contribution in [2.24, 2.45) is 5.16 Å². The number of hydrogen-bond donors (Lipinski definition) is 1. The smallest absolute Gasteiger partial charge is 0.278 e. The average Bonchev–Trinajstić information content (AvgIpc) is 2.59. The Kier molecular flexibility index (Phi) is 6.01. The van der Waals surface area contributed by atoms with Crippen LogP contribution in [0.15, 0.2) is 53.7 Å². The maximum atomic E-state index is 11.7. The van der Waals surface area contributed by atoms with Crippen LogP contribution in [-0.4, -0.2) is 23.7 Å². The van der Waals surface area contributed by atoms with E-state index in [0.717, 1.165) is 6.42 Å². The number of amides is 1. The number of nitro benzene ring substituents is 1. The summed E-state index contributed by atoms with van der Waals surface area (Å²) in [5.41, 5.74) is 2.07. The van der Waals surface area contributed by atoms with E-state index in [-0.39, 0.29) is 18.2 Å². The number of para-hydroxylation sites is 1. The minimum absolute atomic E-state index is 0.0784. The molecular weight excluding hydrogens is 310 g/mol. The molecule has 0 heterocycles. The van der Waals surface area contributed by atoms with Crippen LogP contribution in [-0.2, 0) is 16.1 Å². The van der Waals surface area contributed by atoms with Crippen molar-refractivity contribution in [3.05, 3.63) is 69.8 Å². The summed E-state index contributed by atoms with van der Waals surface area (Å²) in [5.74, 6) is -0.362. The summed E-state index contributed by atoms with van der Waals surface area (Å²) in [6, 6.07) is 13.6. The van der Waals surface area contributed by atoms with Crippen molar-refractivity contribution in [3.63, 3.8) is 0 Å². The molecular formula is C17H17N3O4. The number of oxime groups is 1. The lowest BCUT2D eigenvalue weighted by Gasteiger charge is -2.05. The average molecular weight is 327 g/mol. The highest BCUT2D eigenvalue weighted by atomic mass is 16.6. The largest absolute Gasteiger partial charge is 0.386 e. The van der Waals surface area contributed by atoms with Gasteiger partial charge in [-0.25, -0.2) is 0 Å². The summed E-state index contributed by atoms with van der Waals surface area (Å²) in [6.07, 6.45) is 2.14. The summed E-state index contributed by atoms with van der Waals surface area (Å²) >= 11 is 0. The number of aryl methyl sites for hydroxylation is 1. The first kappa shape index (κ1) is 17.1. The van der Waals surface area contributed by atoms with Gasteiger partial charge in [-0.15, -0.1) is 0 Å². The van der Waals surface area contributed by atoms with Gasteiger partial charge in [0.1, 0.15) is 0 Å². The molecule has 2 aromatic rings. The van der Waals surface area contributed by atoms with E-state index < -0.39 is 4.92 Å². The van der Waals surface area contributed by atoms with Gasteiger partial charge in [0.2, 0.25) is 0 Å². The highest BCUT2D eigenvalue weighted by molar-refractivity contribution is 5.91. The van der Waals surface area contributed by atoms with Crippen LogP contribution in [0.4, 0.5) is 11.4 Å². The number of nitro groups is 1. The summed E-state index contributed by atoms with van der Waals surface area (Å²) < 4.78 is 0. The Hall–Kier alpha value is -3.22.